The molecule has 0 radical (unpaired) electrons. The maximum atomic E-state index is 12.2. The van der Waals surface area contributed by atoms with Gasteiger partial charge in [-0.05, 0) is 0 Å². The Kier molecular flexibility index (Phi) is 5.72. The maximum Gasteiger partial charge on any atom is 0.388 e. The van der Waals surface area contributed by atoms with Crippen LogP contribution in [-0.2, 0) is 9.47 Å². The van der Waals surface area contributed by atoms with Crippen LogP contribution < -0.4 is 15.4 Å². The summed E-state index contributed by atoms with van der Waals surface area (Å²) in [6.45, 7) is -1.07. The van der Waals surface area contributed by atoms with Gasteiger partial charge in [0.2, 0.25) is 5.88 Å². The summed E-state index contributed by atoms with van der Waals surface area (Å²) in [5.41, 5.74) is 0.110. The lowest BCUT2D eigenvalue weighted by atomic mass is 10.3. The highest BCUT2D eigenvalue weighted by atomic mass is 19.3. The van der Waals surface area contributed by atoms with Gasteiger partial charge in [-0.25, -0.2) is 9.97 Å². The monoisotopic (exact) mass is 367 g/mol. The van der Waals surface area contributed by atoms with Gasteiger partial charge in [0.25, 0.3) is 0 Å². The Morgan fingerprint density at radius 1 is 1.46 bits per heavy atom. The molecule has 1 saturated heterocycles. The Labute approximate surface area is 146 Å². The van der Waals surface area contributed by atoms with Crippen molar-refractivity contribution in [2.24, 2.45) is 0 Å². The van der Waals surface area contributed by atoms with Crippen LogP contribution in [0.2, 0.25) is 0 Å². The van der Waals surface area contributed by atoms with Crippen LogP contribution in [-0.4, -0.2) is 59.2 Å². The van der Waals surface area contributed by atoms with E-state index in [0.717, 1.165) is 0 Å². The molecule has 10 nitrogen and oxygen atoms in total. The summed E-state index contributed by atoms with van der Waals surface area (Å²) in [6, 6.07) is 3.18. The van der Waals surface area contributed by atoms with E-state index in [4.69, 9.17) is 14.7 Å². The maximum absolute atomic E-state index is 12.2. The summed E-state index contributed by atoms with van der Waals surface area (Å²) in [5.74, 6) is 0.543. The third kappa shape index (κ3) is 4.74. The SMILES string of the molecule is N#Cc1ncc(Nc2cc(OC(F)F)n[nH]2)nc1NC[C@H]1COCCO1. The van der Waals surface area contributed by atoms with Crippen molar-refractivity contribution < 1.29 is 23.0 Å². The molecule has 0 unspecified atom stereocenters. The standard InChI is InChI=1S/C14H15F2N7O3/c15-14(16)26-12-3-10(22-23-12)20-11-6-18-9(4-17)13(21-11)19-5-8-7-24-1-2-25-8/h3,6,8,14H,1-2,5,7H2,(H3,19,20,21,22,23)/t8-/m0/s1. The highest BCUT2D eigenvalue weighted by Gasteiger charge is 2.16. The molecule has 1 atom stereocenters. The van der Waals surface area contributed by atoms with Crippen molar-refractivity contribution in [2.75, 3.05) is 37.0 Å². The van der Waals surface area contributed by atoms with Crippen molar-refractivity contribution in [1.82, 2.24) is 20.2 Å². The fraction of sp³-hybridized carbons (Fsp3) is 0.429. The van der Waals surface area contributed by atoms with Crippen molar-refractivity contribution in [3.63, 3.8) is 0 Å². The molecule has 0 bridgehead atoms. The molecule has 3 heterocycles. The van der Waals surface area contributed by atoms with E-state index in [-0.39, 0.29) is 35.1 Å². The number of nitrogens with zero attached hydrogens (tertiary/aromatic N) is 4. The van der Waals surface area contributed by atoms with E-state index >= 15 is 0 Å². The minimum atomic E-state index is -2.97. The van der Waals surface area contributed by atoms with Gasteiger partial charge in [-0.1, -0.05) is 0 Å². The lowest BCUT2D eigenvalue weighted by Gasteiger charge is -2.23. The van der Waals surface area contributed by atoms with E-state index in [0.29, 0.717) is 26.4 Å². The normalized spacial score (nSPS) is 16.9. The molecule has 26 heavy (non-hydrogen) atoms. The molecule has 12 heteroatoms. The highest BCUT2D eigenvalue weighted by molar-refractivity contribution is 5.57. The van der Waals surface area contributed by atoms with E-state index < -0.39 is 6.61 Å². The first-order valence-corrected chi connectivity index (χ1v) is 7.61. The first-order chi connectivity index (χ1) is 12.6. The molecule has 0 saturated carbocycles. The molecule has 3 rings (SSSR count). The summed E-state index contributed by atoms with van der Waals surface area (Å²) in [4.78, 5) is 8.26. The van der Waals surface area contributed by atoms with Crippen LogP contribution >= 0.6 is 0 Å². The van der Waals surface area contributed by atoms with Crippen LogP contribution in [0.4, 0.5) is 26.2 Å². The van der Waals surface area contributed by atoms with Gasteiger partial charge in [-0.3, -0.25) is 5.10 Å². The predicted molar refractivity (Wildman–Crippen MR) is 84.3 cm³/mol. The number of H-pyrrole nitrogens is 1. The number of aromatic nitrogens is 4. The van der Waals surface area contributed by atoms with Crippen molar-refractivity contribution >= 4 is 17.5 Å². The summed E-state index contributed by atoms with van der Waals surface area (Å²) >= 11 is 0. The second-order valence-corrected chi connectivity index (χ2v) is 5.14. The number of nitriles is 1. The van der Waals surface area contributed by atoms with E-state index in [9.17, 15) is 8.78 Å². The number of aromatic amines is 1. The first kappa shape index (κ1) is 17.8. The van der Waals surface area contributed by atoms with Crippen molar-refractivity contribution in [3.05, 3.63) is 18.0 Å². The lowest BCUT2D eigenvalue weighted by molar-refractivity contribution is -0.0819. The van der Waals surface area contributed by atoms with Crippen molar-refractivity contribution in [2.45, 2.75) is 12.7 Å². The third-order valence-electron chi connectivity index (χ3n) is 3.29. The Morgan fingerprint density at radius 2 is 2.35 bits per heavy atom. The summed E-state index contributed by atoms with van der Waals surface area (Å²) in [6.07, 6.45) is 1.17. The zero-order chi connectivity index (χ0) is 18.4. The van der Waals surface area contributed by atoms with Gasteiger partial charge in [0.15, 0.2) is 17.3 Å². The van der Waals surface area contributed by atoms with Crippen LogP contribution in [0.1, 0.15) is 5.69 Å². The molecule has 0 amide bonds. The van der Waals surface area contributed by atoms with Crippen LogP contribution in [0, 0.1) is 11.3 Å². The smallest absolute Gasteiger partial charge is 0.388 e. The third-order valence-corrected chi connectivity index (χ3v) is 3.29. The Hall–Kier alpha value is -3.04. The number of alkyl halides is 2. The van der Waals surface area contributed by atoms with Crippen LogP contribution in [0.5, 0.6) is 5.88 Å². The average molecular weight is 367 g/mol. The molecule has 2 aromatic rings. The minimum absolute atomic E-state index is 0.110. The fourth-order valence-corrected chi connectivity index (χ4v) is 2.18. The number of nitrogens with one attached hydrogen (secondary N) is 3. The predicted octanol–water partition coefficient (Wildman–Crippen LogP) is 1.24. The Morgan fingerprint density at radius 3 is 3.08 bits per heavy atom. The quantitative estimate of drug-likeness (QED) is 0.661. The van der Waals surface area contributed by atoms with Gasteiger partial charge >= 0.3 is 6.61 Å². The summed E-state index contributed by atoms with van der Waals surface area (Å²) in [7, 11) is 0. The van der Waals surface area contributed by atoms with Gasteiger partial charge in [-0.2, -0.15) is 14.0 Å². The molecule has 0 spiro atoms. The minimum Gasteiger partial charge on any atom is -0.415 e. The number of halogens is 2. The molecule has 3 N–H and O–H groups in total. The van der Waals surface area contributed by atoms with Crippen molar-refractivity contribution in [3.8, 4) is 11.9 Å². The van der Waals surface area contributed by atoms with E-state index in [1.54, 1.807) is 0 Å². The second kappa shape index (κ2) is 8.37. The molecule has 0 aromatic carbocycles. The number of rotatable bonds is 7. The zero-order valence-electron chi connectivity index (χ0n) is 13.4. The molecule has 0 aliphatic carbocycles. The van der Waals surface area contributed by atoms with E-state index in [1.807, 2.05) is 6.07 Å². The molecule has 138 valence electrons. The Balaban J connectivity index is 1.66. The largest absolute Gasteiger partial charge is 0.415 e. The zero-order valence-corrected chi connectivity index (χ0v) is 13.4. The fourth-order valence-electron chi connectivity index (χ4n) is 2.18. The van der Waals surface area contributed by atoms with Gasteiger partial charge < -0.3 is 24.8 Å². The van der Waals surface area contributed by atoms with Gasteiger partial charge in [0.05, 0.1) is 32.1 Å². The Bertz CT molecular complexity index is 774. The van der Waals surface area contributed by atoms with Crippen molar-refractivity contribution in [1.29, 1.82) is 5.26 Å². The van der Waals surface area contributed by atoms with E-state index in [1.165, 1.54) is 12.3 Å². The van der Waals surface area contributed by atoms with Gasteiger partial charge in [-0.15, -0.1) is 5.10 Å². The average Bonchev–Trinajstić information content (AvgIpc) is 3.07. The van der Waals surface area contributed by atoms with E-state index in [2.05, 4.69) is 35.5 Å². The highest BCUT2D eigenvalue weighted by Crippen LogP contribution is 2.20. The molecular weight excluding hydrogens is 352 g/mol. The van der Waals surface area contributed by atoms with Gasteiger partial charge in [0.1, 0.15) is 11.9 Å². The van der Waals surface area contributed by atoms with Crippen LogP contribution in [0.25, 0.3) is 0 Å². The number of anilines is 3. The first-order valence-electron chi connectivity index (χ1n) is 7.61. The number of hydrogen-bond acceptors (Lipinski definition) is 9. The lowest BCUT2D eigenvalue weighted by Crippen LogP contribution is -2.34. The number of hydrogen-bond donors (Lipinski definition) is 3. The summed E-state index contributed by atoms with van der Waals surface area (Å²) < 4.78 is 39.3. The van der Waals surface area contributed by atoms with Crippen LogP contribution in [0.15, 0.2) is 12.3 Å². The topological polar surface area (TPSA) is 130 Å². The molecule has 1 aliphatic rings. The molecular formula is C14H15F2N7O3. The van der Waals surface area contributed by atoms with Crippen LogP contribution in [0.3, 0.4) is 0 Å². The van der Waals surface area contributed by atoms with Gasteiger partial charge in [0, 0.05) is 12.6 Å². The molecule has 1 aliphatic heterocycles. The summed E-state index contributed by atoms with van der Waals surface area (Å²) in [5, 5.41) is 21.0. The molecule has 2 aromatic heterocycles. The molecule has 1 fully saturated rings. The number of ether oxygens (including phenoxy) is 3. The second-order valence-electron chi connectivity index (χ2n) is 5.14.